The molecule has 0 N–H and O–H groups in total. The maximum atomic E-state index is 5.55. The van der Waals surface area contributed by atoms with Gasteiger partial charge in [-0.05, 0) is 25.8 Å². The van der Waals surface area contributed by atoms with Crippen LogP contribution < -0.4 is 14.2 Å². The topological polar surface area (TPSA) is 30.9 Å². The van der Waals surface area contributed by atoms with E-state index in [0.717, 1.165) is 30.0 Å². The van der Waals surface area contributed by atoms with Crippen LogP contribution in [-0.2, 0) is 6.54 Å². The molecule has 0 aliphatic rings. The molecule has 0 fully saturated rings. The van der Waals surface area contributed by atoms with Crippen LogP contribution in [0.2, 0.25) is 0 Å². The van der Waals surface area contributed by atoms with E-state index in [2.05, 4.69) is 25.1 Å². The fourth-order valence-corrected chi connectivity index (χ4v) is 3.31. The van der Waals surface area contributed by atoms with Gasteiger partial charge in [-0.3, -0.25) is 4.90 Å². The van der Waals surface area contributed by atoms with E-state index < -0.39 is 0 Å². The summed E-state index contributed by atoms with van der Waals surface area (Å²) in [5.74, 6) is 3.23. The SMILES string of the molecule is CCC(CSC)N(C)Cc1ccc(OC)c(OC)c1OC. The Bertz CT molecular complexity index is 440. The molecule has 1 unspecified atom stereocenters. The van der Waals surface area contributed by atoms with Gasteiger partial charge in [0.15, 0.2) is 11.5 Å². The second kappa shape index (κ2) is 9.05. The summed E-state index contributed by atoms with van der Waals surface area (Å²) in [5, 5.41) is 0. The van der Waals surface area contributed by atoms with Gasteiger partial charge in [-0.1, -0.05) is 13.0 Å². The molecule has 1 rings (SSSR count). The lowest BCUT2D eigenvalue weighted by Crippen LogP contribution is -2.32. The first-order chi connectivity index (χ1) is 10.1. The molecule has 0 aromatic heterocycles. The van der Waals surface area contributed by atoms with Crippen LogP contribution >= 0.6 is 11.8 Å². The van der Waals surface area contributed by atoms with Gasteiger partial charge in [0.2, 0.25) is 5.75 Å². The summed E-state index contributed by atoms with van der Waals surface area (Å²) in [6.07, 6.45) is 3.28. The van der Waals surface area contributed by atoms with Gasteiger partial charge in [0.05, 0.1) is 21.3 Å². The highest BCUT2D eigenvalue weighted by Gasteiger charge is 2.19. The van der Waals surface area contributed by atoms with E-state index in [-0.39, 0.29) is 0 Å². The first kappa shape index (κ1) is 18.0. The monoisotopic (exact) mass is 313 g/mol. The molecular formula is C16H27NO3S. The molecule has 0 saturated carbocycles. The number of rotatable bonds is 9. The number of methoxy groups -OCH3 is 3. The molecule has 0 amide bonds. The smallest absolute Gasteiger partial charge is 0.203 e. The Morgan fingerprint density at radius 3 is 2.24 bits per heavy atom. The third kappa shape index (κ3) is 4.45. The zero-order valence-corrected chi connectivity index (χ0v) is 14.8. The Balaban J connectivity index is 3.02. The van der Waals surface area contributed by atoms with E-state index in [9.17, 15) is 0 Å². The zero-order chi connectivity index (χ0) is 15.8. The fraction of sp³-hybridized carbons (Fsp3) is 0.625. The number of thioether (sulfide) groups is 1. The van der Waals surface area contributed by atoms with E-state index in [0.29, 0.717) is 17.5 Å². The van der Waals surface area contributed by atoms with Crippen LogP contribution in [0, 0.1) is 0 Å². The molecule has 0 spiro atoms. The highest BCUT2D eigenvalue weighted by Crippen LogP contribution is 2.40. The molecule has 0 heterocycles. The van der Waals surface area contributed by atoms with Gasteiger partial charge >= 0.3 is 0 Å². The molecule has 5 heteroatoms. The van der Waals surface area contributed by atoms with Crippen LogP contribution in [0.4, 0.5) is 0 Å². The van der Waals surface area contributed by atoms with Gasteiger partial charge < -0.3 is 14.2 Å². The summed E-state index contributed by atoms with van der Waals surface area (Å²) < 4.78 is 16.3. The lowest BCUT2D eigenvalue weighted by Gasteiger charge is -2.27. The van der Waals surface area contributed by atoms with Gasteiger partial charge in [-0.25, -0.2) is 0 Å². The van der Waals surface area contributed by atoms with E-state index in [1.807, 2.05) is 23.9 Å². The normalized spacial score (nSPS) is 12.3. The molecule has 120 valence electrons. The fourth-order valence-electron chi connectivity index (χ4n) is 2.43. The third-order valence-corrected chi connectivity index (χ3v) is 4.38. The minimum absolute atomic E-state index is 0.554. The van der Waals surface area contributed by atoms with Gasteiger partial charge in [0.25, 0.3) is 0 Å². The van der Waals surface area contributed by atoms with Gasteiger partial charge in [-0.15, -0.1) is 0 Å². The summed E-state index contributed by atoms with van der Waals surface area (Å²) >= 11 is 1.88. The van der Waals surface area contributed by atoms with Gasteiger partial charge in [0.1, 0.15) is 0 Å². The van der Waals surface area contributed by atoms with Crippen LogP contribution in [0.1, 0.15) is 18.9 Å². The second-order valence-electron chi connectivity index (χ2n) is 4.93. The van der Waals surface area contributed by atoms with Crippen molar-refractivity contribution < 1.29 is 14.2 Å². The maximum absolute atomic E-state index is 5.55. The van der Waals surface area contributed by atoms with Crippen molar-refractivity contribution in [3.8, 4) is 17.2 Å². The molecule has 0 aliphatic heterocycles. The zero-order valence-electron chi connectivity index (χ0n) is 13.9. The van der Waals surface area contributed by atoms with Gasteiger partial charge in [-0.2, -0.15) is 11.8 Å². The predicted octanol–water partition coefficient (Wildman–Crippen LogP) is 3.29. The van der Waals surface area contributed by atoms with E-state index >= 15 is 0 Å². The van der Waals surface area contributed by atoms with E-state index in [1.165, 1.54) is 0 Å². The Labute approximate surface area is 132 Å². The minimum Gasteiger partial charge on any atom is -0.493 e. The number of ether oxygens (including phenoxy) is 3. The molecule has 0 radical (unpaired) electrons. The van der Waals surface area contributed by atoms with Crippen molar-refractivity contribution in [3.63, 3.8) is 0 Å². The van der Waals surface area contributed by atoms with Crippen LogP contribution in [-0.4, -0.2) is 51.3 Å². The second-order valence-corrected chi connectivity index (χ2v) is 5.84. The van der Waals surface area contributed by atoms with E-state index in [4.69, 9.17) is 14.2 Å². The number of benzene rings is 1. The summed E-state index contributed by atoms with van der Waals surface area (Å²) in [4.78, 5) is 2.36. The van der Waals surface area contributed by atoms with Crippen molar-refractivity contribution in [1.29, 1.82) is 0 Å². The first-order valence-corrected chi connectivity index (χ1v) is 8.49. The van der Waals surface area contributed by atoms with Crippen molar-refractivity contribution in [1.82, 2.24) is 4.90 Å². The summed E-state index contributed by atoms with van der Waals surface area (Å²) in [6.45, 7) is 3.05. The molecule has 0 bridgehead atoms. The van der Waals surface area contributed by atoms with Crippen molar-refractivity contribution in [3.05, 3.63) is 17.7 Å². The maximum Gasteiger partial charge on any atom is 0.203 e. The lowest BCUT2D eigenvalue weighted by molar-refractivity contribution is 0.242. The van der Waals surface area contributed by atoms with Crippen LogP contribution in [0.3, 0.4) is 0 Å². The number of nitrogens with zero attached hydrogens (tertiary/aromatic N) is 1. The summed E-state index contributed by atoms with van der Waals surface area (Å²) in [5.41, 5.74) is 1.11. The van der Waals surface area contributed by atoms with Crippen LogP contribution in [0.15, 0.2) is 12.1 Å². The Hall–Kier alpha value is -1.07. The number of hydrogen-bond donors (Lipinski definition) is 0. The highest BCUT2D eigenvalue weighted by molar-refractivity contribution is 7.98. The molecule has 0 aliphatic carbocycles. The third-order valence-electron chi connectivity index (χ3n) is 3.66. The van der Waals surface area contributed by atoms with Gasteiger partial charge in [0, 0.05) is 23.9 Å². The quantitative estimate of drug-likeness (QED) is 0.698. The largest absolute Gasteiger partial charge is 0.493 e. The minimum atomic E-state index is 0.554. The van der Waals surface area contributed by atoms with Crippen molar-refractivity contribution >= 4 is 11.8 Å². The molecule has 21 heavy (non-hydrogen) atoms. The first-order valence-electron chi connectivity index (χ1n) is 7.09. The average molecular weight is 313 g/mol. The van der Waals surface area contributed by atoms with Crippen molar-refractivity contribution in [2.75, 3.05) is 40.4 Å². The molecule has 1 aromatic carbocycles. The summed E-state index contributed by atoms with van der Waals surface area (Å²) in [7, 11) is 7.09. The predicted molar refractivity (Wildman–Crippen MR) is 90.0 cm³/mol. The van der Waals surface area contributed by atoms with Crippen LogP contribution in [0.25, 0.3) is 0 Å². The Morgan fingerprint density at radius 2 is 1.76 bits per heavy atom. The van der Waals surface area contributed by atoms with Crippen LogP contribution in [0.5, 0.6) is 17.2 Å². The molecule has 1 aromatic rings. The molecule has 0 saturated heterocycles. The Morgan fingerprint density at radius 1 is 1.10 bits per heavy atom. The summed E-state index contributed by atoms with van der Waals surface area (Å²) in [6, 6.07) is 4.53. The Kier molecular flexibility index (Phi) is 7.75. The highest BCUT2D eigenvalue weighted by atomic mass is 32.2. The molecular weight excluding hydrogens is 286 g/mol. The lowest BCUT2D eigenvalue weighted by atomic mass is 10.1. The molecule has 1 atom stereocenters. The number of hydrogen-bond acceptors (Lipinski definition) is 5. The van der Waals surface area contributed by atoms with Crippen molar-refractivity contribution in [2.24, 2.45) is 0 Å². The molecule has 4 nitrogen and oxygen atoms in total. The standard InChI is InChI=1S/C16H27NO3S/c1-7-13(11-21-6)17(2)10-12-8-9-14(18-3)16(20-5)15(12)19-4/h8-9,13H,7,10-11H2,1-6H3. The van der Waals surface area contributed by atoms with Crippen molar-refractivity contribution in [2.45, 2.75) is 25.9 Å². The van der Waals surface area contributed by atoms with E-state index in [1.54, 1.807) is 21.3 Å². The average Bonchev–Trinajstić information content (AvgIpc) is 2.51.